The van der Waals surface area contributed by atoms with E-state index in [1.165, 1.54) is 29.0 Å². The van der Waals surface area contributed by atoms with Gasteiger partial charge in [-0.05, 0) is 31.2 Å². The first-order valence-corrected chi connectivity index (χ1v) is 9.51. The molecule has 0 radical (unpaired) electrons. The van der Waals surface area contributed by atoms with Crippen LogP contribution in [0.2, 0.25) is 0 Å². The Balaban J connectivity index is 1.74. The van der Waals surface area contributed by atoms with Crippen LogP contribution in [-0.4, -0.2) is 25.7 Å². The van der Waals surface area contributed by atoms with E-state index in [0.29, 0.717) is 26.3 Å². The van der Waals surface area contributed by atoms with Crippen molar-refractivity contribution in [1.82, 2.24) is 19.7 Å². The number of amides is 1. The summed E-state index contributed by atoms with van der Waals surface area (Å²) in [6.07, 6.45) is 3.00. The number of hydrogen-bond donors (Lipinski definition) is 1. The Morgan fingerprint density at radius 3 is 2.85 bits per heavy atom. The van der Waals surface area contributed by atoms with Gasteiger partial charge in [0.2, 0.25) is 0 Å². The fourth-order valence-corrected chi connectivity index (χ4v) is 4.15. The van der Waals surface area contributed by atoms with E-state index < -0.39 is 0 Å². The minimum Gasteiger partial charge on any atom is -0.297 e. The summed E-state index contributed by atoms with van der Waals surface area (Å²) >= 11 is 2.72. The average Bonchev–Trinajstić information content (AvgIpc) is 3.42. The Labute approximate surface area is 162 Å². The molecule has 132 valence electrons. The minimum atomic E-state index is -0.204. The van der Waals surface area contributed by atoms with Crippen LogP contribution in [0.3, 0.4) is 0 Å². The van der Waals surface area contributed by atoms with Crippen LogP contribution in [0.5, 0.6) is 0 Å². The van der Waals surface area contributed by atoms with Crippen LogP contribution in [0.4, 0.5) is 5.13 Å². The van der Waals surface area contributed by atoms with Gasteiger partial charge in [0.25, 0.3) is 5.91 Å². The Kier molecular flexibility index (Phi) is 4.50. The number of thiophene rings is 1. The van der Waals surface area contributed by atoms with Gasteiger partial charge in [-0.15, -0.1) is 11.3 Å². The number of anilines is 1. The second-order valence-electron chi connectivity index (χ2n) is 5.57. The highest BCUT2D eigenvalue weighted by atomic mass is 32.1. The molecule has 4 aromatic rings. The number of hydrogen-bond acceptors (Lipinski definition) is 7. The van der Waals surface area contributed by atoms with Gasteiger partial charge in [-0.25, -0.2) is 14.6 Å². The predicted octanol–water partition coefficient (Wildman–Crippen LogP) is 3.88. The lowest BCUT2D eigenvalue weighted by Crippen LogP contribution is -2.09. The van der Waals surface area contributed by atoms with Crippen LogP contribution < -0.4 is 5.32 Å². The fraction of sp³-hybridized carbons (Fsp3) is 0.0556. The smallest absolute Gasteiger partial charge is 0.267 e. The molecule has 0 saturated carbocycles. The molecule has 0 aliphatic carbocycles. The normalized spacial score (nSPS) is 10.5. The molecule has 1 amide bonds. The van der Waals surface area contributed by atoms with Crippen molar-refractivity contribution in [1.29, 1.82) is 5.26 Å². The van der Waals surface area contributed by atoms with Crippen molar-refractivity contribution in [2.24, 2.45) is 0 Å². The zero-order valence-corrected chi connectivity index (χ0v) is 15.7. The number of carbonyl (C=O) groups excluding carboxylic acids is 1. The summed E-state index contributed by atoms with van der Waals surface area (Å²) in [5.41, 5.74) is 1.92. The van der Waals surface area contributed by atoms with Crippen LogP contribution in [0.1, 0.15) is 20.1 Å². The standard InChI is InChI=1S/C18H12N6OS2/c1-11-5-6-14(26-11)16(25)23-18-22-15(13-4-2-3-12(7-13)8-19)17(27-18)24-10-20-9-21-24/h2-7,9-10H,1H3,(H,22,23,25). The highest BCUT2D eigenvalue weighted by Crippen LogP contribution is 2.34. The first kappa shape index (κ1) is 17.1. The van der Waals surface area contributed by atoms with Crippen molar-refractivity contribution in [3.8, 4) is 22.3 Å². The third-order valence-electron chi connectivity index (χ3n) is 3.69. The Morgan fingerprint density at radius 1 is 1.26 bits per heavy atom. The average molecular weight is 392 g/mol. The van der Waals surface area contributed by atoms with Gasteiger partial charge < -0.3 is 0 Å². The molecule has 7 nitrogen and oxygen atoms in total. The van der Waals surface area contributed by atoms with Crippen LogP contribution in [-0.2, 0) is 0 Å². The molecule has 27 heavy (non-hydrogen) atoms. The lowest BCUT2D eigenvalue weighted by molar-refractivity contribution is 0.103. The predicted molar refractivity (Wildman–Crippen MR) is 104 cm³/mol. The molecular formula is C18H12N6OS2. The number of nitriles is 1. The second-order valence-corrected chi connectivity index (χ2v) is 7.84. The quantitative estimate of drug-likeness (QED) is 0.568. The Hall–Kier alpha value is -3.35. The minimum absolute atomic E-state index is 0.204. The molecule has 3 heterocycles. The molecule has 1 N–H and O–H groups in total. The summed E-state index contributed by atoms with van der Waals surface area (Å²) < 4.78 is 1.59. The second kappa shape index (κ2) is 7.11. The van der Waals surface area contributed by atoms with E-state index >= 15 is 0 Å². The number of nitrogens with one attached hydrogen (secondary N) is 1. The van der Waals surface area contributed by atoms with Crippen LogP contribution in [0.15, 0.2) is 49.1 Å². The maximum absolute atomic E-state index is 12.5. The summed E-state index contributed by atoms with van der Waals surface area (Å²) in [7, 11) is 0. The number of benzene rings is 1. The lowest BCUT2D eigenvalue weighted by atomic mass is 10.1. The van der Waals surface area contributed by atoms with Gasteiger partial charge in [0.05, 0.1) is 16.5 Å². The highest BCUT2D eigenvalue weighted by Gasteiger charge is 2.18. The van der Waals surface area contributed by atoms with E-state index in [1.807, 2.05) is 19.1 Å². The number of carbonyl (C=O) groups is 1. The summed E-state index contributed by atoms with van der Waals surface area (Å²) in [5, 5.41) is 17.3. The lowest BCUT2D eigenvalue weighted by Gasteiger charge is -2.01. The summed E-state index contributed by atoms with van der Waals surface area (Å²) in [5.74, 6) is -0.204. The van der Waals surface area contributed by atoms with Gasteiger partial charge in [0.15, 0.2) is 5.13 Å². The topological polar surface area (TPSA) is 96.5 Å². The molecule has 0 spiro atoms. The number of rotatable bonds is 4. The Bertz CT molecular complexity index is 1150. The van der Waals surface area contributed by atoms with Crippen LogP contribution in [0, 0.1) is 18.3 Å². The van der Waals surface area contributed by atoms with Crippen LogP contribution >= 0.6 is 22.7 Å². The van der Waals surface area contributed by atoms with Crippen LogP contribution in [0.25, 0.3) is 16.3 Å². The largest absolute Gasteiger partial charge is 0.297 e. The molecule has 3 aromatic heterocycles. The number of nitrogens with zero attached hydrogens (tertiary/aromatic N) is 5. The van der Waals surface area contributed by atoms with E-state index in [4.69, 9.17) is 5.26 Å². The fourth-order valence-electron chi connectivity index (χ4n) is 2.47. The van der Waals surface area contributed by atoms with Gasteiger partial charge in [-0.1, -0.05) is 23.5 Å². The van der Waals surface area contributed by atoms with Crippen molar-refractivity contribution < 1.29 is 4.79 Å². The maximum Gasteiger partial charge on any atom is 0.267 e. The van der Waals surface area contributed by atoms with E-state index in [0.717, 1.165) is 10.4 Å². The van der Waals surface area contributed by atoms with E-state index in [-0.39, 0.29) is 5.91 Å². The molecule has 1 aromatic carbocycles. The molecule has 0 saturated heterocycles. The molecule has 0 atom stereocenters. The maximum atomic E-state index is 12.5. The SMILES string of the molecule is Cc1ccc(C(=O)Nc2nc(-c3cccc(C#N)c3)c(-n3cncn3)s2)s1. The number of aryl methyl sites for hydroxylation is 1. The molecule has 0 aliphatic heterocycles. The molecule has 4 rings (SSSR count). The molecule has 0 unspecified atom stereocenters. The Morgan fingerprint density at radius 2 is 2.15 bits per heavy atom. The molecule has 9 heteroatoms. The van der Waals surface area contributed by atoms with Gasteiger partial charge >= 0.3 is 0 Å². The van der Waals surface area contributed by atoms with Gasteiger partial charge in [-0.3, -0.25) is 10.1 Å². The van der Waals surface area contributed by atoms with Gasteiger partial charge in [0, 0.05) is 10.4 Å². The van der Waals surface area contributed by atoms with Crippen molar-refractivity contribution >= 4 is 33.7 Å². The van der Waals surface area contributed by atoms with E-state index in [9.17, 15) is 4.79 Å². The van der Waals surface area contributed by atoms with Crippen molar-refractivity contribution in [3.05, 3.63) is 64.4 Å². The first-order valence-electron chi connectivity index (χ1n) is 7.88. The van der Waals surface area contributed by atoms with Crippen molar-refractivity contribution in [2.45, 2.75) is 6.92 Å². The first-order chi connectivity index (χ1) is 13.1. The third kappa shape index (κ3) is 3.48. The number of thiazole rings is 1. The number of aromatic nitrogens is 4. The summed E-state index contributed by atoms with van der Waals surface area (Å²) in [4.78, 5) is 22.7. The van der Waals surface area contributed by atoms with Gasteiger partial charge in [-0.2, -0.15) is 10.4 Å². The summed E-state index contributed by atoms with van der Waals surface area (Å²) in [6, 6.07) is 13.0. The third-order valence-corrected chi connectivity index (χ3v) is 5.65. The van der Waals surface area contributed by atoms with Crippen molar-refractivity contribution in [3.63, 3.8) is 0 Å². The van der Waals surface area contributed by atoms with Crippen molar-refractivity contribution in [2.75, 3.05) is 5.32 Å². The monoisotopic (exact) mass is 392 g/mol. The molecule has 0 aliphatic rings. The van der Waals surface area contributed by atoms with E-state index in [1.54, 1.807) is 35.3 Å². The molecular weight excluding hydrogens is 380 g/mol. The van der Waals surface area contributed by atoms with Gasteiger partial charge in [0.1, 0.15) is 23.3 Å². The summed E-state index contributed by atoms with van der Waals surface area (Å²) in [6.45, 7) is 1.95. The zero-order chi connectivity index (χ0) is 18.8. The molecule has 0 fully saturated rings. The highest BCUT2D eigenvalue weighted by molar-refractivity contribution is 7.19. The molecule has 0 bridgehead atoms. The van der Waals surface area contributed by atoms with E-state index in [2.05, 4.69) is 26.5 Å². The zero-order valence-electron chi connectivity index (χ0n) is 14.1.